The highest BCUT2D eigenvalue weighted by Crippen LogP contribution is 2.33. The first-order valence-electron chi connectivity index (χ1n) is 8.70. The Balaban J connectivity index is 1.93. The second kappa shape index (κ2) is 7.54. The molecule has 2 atom stereocenters. The number of oxazole rings is 1. The zero-order valence-corrected chi connectivity index (χ0v) is 15.0. The summed E-state index contributed by atoms with van der Waals surface area (Å²) in [6, 6.07) is 15.6. The molecule has 1 aromatic heterocycles. The molecule has 0 aliphatic heterocycles. The maximum atomic E-state index is 11.9. The average molecular weight is 349 g/mol. The highest BCUT2D eigenvalue weighted by molar-refractivity contribution is 5.84. The van der Waals surface area contributed by atoms with Crippen LogP contribution in [0.2, 0.25) is 0 Å². The van der Waals surface area contributed by atoms with E-state index >= 15 is 0 Å². The summed E-state index contributed by atoms with van der Waals surface area (Å²) < 4.78 is 5.94. The standard InChI is InChI=1S/C21H23N3O2/c1-4-17(14(3)20(25)24-22)13(2)16-10-11-18-19(12-16)26-21(23-18)15-8-6-5-7-9-15/h5-12,14,17H,2,4,22H2,1,3H3,(H,24,25)/t14-,17+/m0/s1. The Labute approximate surface area is 152 Å². The molecule has 5 nitrogen and oxygen atoms in total. The molecule has 2 aromatic carbocycles. The lowest BCUT2D eigenvalue weighted by molar-refractivity contribution is -0.125. The molecule has 0 unspecified atom stereocenters. The van der Waals surface area contributed by atoms with Gasteiger partial charge in [0.2, 0.25) is 11.8 Å². The fourth-order valence-electron chi connectivity index (χ4n) is 3.26. The Morgan fingerprint density at radius 1 is 1.27 bits per heavy atom. The molecule has 1 heterocycles. The summed E-state index contributed by atoms with van der Waals surface area (Å²) in [7, 11) is 0. The van der Waals surface area contributed by atoms with E-state index in [0.717, 1.165) is 28.6 Å². The van der Waals surface area contributed by atoms with Gasteiger partial charge in [-0.2, -0.15) is 0 Å². The molecule has 1 amide bonds. The van der Waals surface area contributed by atoms with Crippen molar-refractivity contribution in [3.63, 3.8) is 0 Å². The largest absolute Gasteiger partial charge is 0.436 e. The molecule has 0 aliphatic carbocycles. The van der Waals surface area contributed by atoms with Crippen LogP contribution in [-0.4, -0.2) is 10.9 Å². The fraction of sp³-hybridized carbons (Fsp3) is 0.238. The highest BCUT2D eigenvalue weighted by atomic mass is 16.3. The van der Waals surface area contributed by atoms with Gasteiger partial charge in [-0.05, 0) is 47.7 Å². The number of nitrogens with two attached hydrogens (primary N) is 1. The number of nitrogens with one attached hydrogen (secondary N) is 1. The lowest BCUT2D eigenvalue weighted by Crippen LogP contribution is -2.37. The van der Waals surface area contributed by atoms with Gasteiger partial charge in [0, 0.05) is 11.5 Å². The fourth-order valence-corrected chi connectivity index (χ4v) is 3.26. The number of hydrogen-bond acceptors (Lipinski definition) is 4. The van der Waals surface area contributed by atoms with Crippen LogP contribution in [0.5, 0.6) is 0 Å². The van der Waals surface area contributed by atoms with Crippen molar-refractivity contribution >= 4 is 22.6 Å². The first kappa shape index (κ1) is 17.9. The smallest absolute Gasteiger partial charge is 0.237 e. The van der Waals surface area contributed by atoms with E-state index in [9.17, 15) is 4.79 Å². The number of amides is 1. The molecular weight excluding hydrogens is 326 g/mol. The monoisotopic (exact) mass is 349 g/mol. The molecule has 134 valence electrons. The van der Waals surface area contributed by atoms with Crippen LogP contribution in [0.1, 0.15) is 25.8 Å². The Morgan fingerprint density at radius 3 is 2.65 bits per heavy atom. The SMILES string of the molecule is C=C(c1ccc2nc(-c3ccccc3)oc2c1)[C@@H](CC)[C@H](C)C(=O)NN. The summed E-state index contributed by atoms with van der Waals surface area (Å²) in [5, 5.41) is 0. The molecule has 3 rings (SSSR count). The number of benzene rings is 2. The first-order chi connectivity index (χ1) is 12.5. The van der Waals surface area contributed by atoms with Crippen LogP contribution >= 0.6 is 0 Å². The Hall–Kier alpha value is -2.92. The molecule has 0 saturated heterocycles. The quantitative estimate of drug-likeness (QED) is 0.398. The molecule has 0 aliphatic rings. The van der Waals surface area contributed by atoms with Gasteiger partial charge < -0.3 is 4.42 Å². The van der Waals surface area contributed by atoms with Crippen molar-refractivity contribution in [2.75, 3.05) is 0 Å². The predicted molar refractivity (Wildman–Crippen MR) is 104 cm³/mol. The van der Waals surface area contributed by atoms with Crippen molar-refractivity contribution in [1.82, 2.24) is 10.4 Å². The molecule has 5 heteroatoms. The number of carbonyl (C=O) groups is 1. The van der Waals surface area contributed by atoms with Crippen LogP contribution in [0.25, 0.3) is 28.1 Å². The average Bonchev–Trinajstić information content (AvgIpc) is 3.11. The van der Waals surface area contributed by atoms with Crippen molar-refractivity contribution in [2.24, 2.45) is 17.7 Å². The van der Waals surface area contributed by atoms with Crippen LogP contribution < -0.4 is 11.3 Å². The molecular formula is C21H23N3O2. The minimum atomic E-state index is -0.261. The van der Waals surface area contributed by atoms with Gasteiger partial charge in [-0.15, -0.1) is 0 Å². The van der Waals surface area contributed by atoms with Gasteiger partial charge in [0.15, 0.2) is 5.58 Å². The number of nitrogens with zero attached hydrogens (tertiary/aromatic N) is 1. The normalized spacial score (nSPS) is 13.3. The van der Waals surface area contributed by atoms with Gasteiger partial charge >= 0.3 is 0 Å². The van der Waals surface area contributed by atoms with Crippen LogP contribution in [0, 0.1) is 11.8 Å². The first-order valence-corrected chi connectivity index (χ1v) is 8.70. The van der Waals surface area contributed by atoms with Crippen LogP contribution in [-0.2, 0) is 4.79 Å². The maximum absolute atomic E-state index is 11.9. The van der Waals surface area contributed by atoms with Crippen molar-refractivity contribution in [1.29, 1.82) is 0 Å². The highest BCUT2D eigenvalue weighted by Gasteiger charge is 2.25. The number of fused-ring (bicyclic) bond motifs is 1. The number of carbonyl (C=O) groups excluding carboxylic acids is 1. The Bertz CT molecular complexity index is 931. The lowest BCUT2D eigenvalue weighted by atomic mass is 9.82. The third-order valence-electron chi connectivity index (χ3n) is 4.83. The minimum absolute atomic E-state index is 0.00693. The van der Waals surface area contributed by atoms with Crippen molar-refractivity contribution in [3.05, 3.63) is 60.7 Å². The van der Waals surface area contributed by atoms with Gasteiger partial charge in [-0.25, -0.2) is 10.8 Å². The van der Waals surface area contributed by atoms with Crippen LogP contribution in [0.15, 0.2) is 59.5 Å². The van der Waals surface area contributed by atoms with E-state index in [1.165, 1.54) is 0 Å². The third kappa shape index (κ3) is 3.39. The van der Waals surface area contributed by atoms with Crippen molar-refractivity contribution in [3.8, 4) is 11.5 Å². The van der Waals surface area contributed by atoms with Gasteiger partial charge in [0.05, 0.1) is 0 Å². The summed E-state index contributed by atoms with van der Waals surface area (Å²) in [6.45, 7) is 8.12. The lowest BCUT2D eigenvalue weighted by Gasteiger charge is -2.23. The summed E-state index contributed by atoms with van der Waals surface area (Å²) in [6.07, 6.45) is 0.789. The molecule has 3 N–H and O–H groups in total. The topological polar surface area (TPSA) is 81.2 Å². The van der Waals surface area contributed by atoms with E-state index < -0.39 is 0 Å². The zero-order chi connectivity index (χ0) is 18.7. The van der Waals surface area contributed by atoms with E-state index in [-0.39, 0.29) is 17.7 Å². The van der Waals surface area contributed by atoms with Gasteiger partial charge in [-0.3, -0.25) is 10.2 Å². The van der Waals surface area contributed by atoms with Crippen LogP contribution in [0.4, 0.5) is 0 Å². The molecule has 0 spiro atoms. The van der Waals surface area contributed by atoms with Crippen molar-refractivity contribution in [2.45, 2.75) is 20.3 Å². The van der Waals surface area contributed by atoms with Crippen LogP contribution in [0.3, 0.4) is 0 Å². The molecule has 0 saturated carbocycles. The Morgan fingerprint density at radius 2 is 2.00 bits per heavy atom. The molecule has 0 radical (unpaired) electrons. The molecule has 0 fully saturated rings. The number of allylic oxidation sites excluding steroid dienone is 1. The van der Waals surface area contributed by atoms with E-state index in [1.807, 2.05) is 62.4 Å². The maximum Gasteiger partial charge on any atom is 0.237 e. The molecule has 26 heavy (non-hydrogen) atoms. The van der Waals surface area contributed by atoms with E-state index in [2.05, 4.69) is 17.0 Å². The second-order valence-corrected chi connectivity index (χ2v) is 6.40. The minimum Gasteiger partial charge on any atom is -0.436 e. The predicted octanol–water partition coefficient (Wildman–Crippen LogP) is 4.16. The van der Waals surface area contributed by atoms with E-state index in [0.29, 0.717) is 11.5 Å². The second-order valence-electron chi connectivity index (χ2n) is 6.40. The molecule has 0 bridgehead atoms. The summed E-state index contributed by atoms with van der Waals surface area (Å²) >= 11 is 0. The van der Waals surface area contributed by atoms with Crippen molar-refractivity contribution < 1.29 is 9.21 Å². The third-order valence-corrected chi connectivity index (χ3v) is 4.83. The van der Waals surface area contributed by atoms with Gasteiger partial charge in [-0.1, -0.05) is 44.7 Å². The zero-order valence-electron chi connectivity index (χ0n) is 15.0. The summed E-state index contributed by atoms with van der Waals surface area (Å²) in [5.41, 5.74) is 6.49. The van der Waals surface area contributed by atoms with Gasteiger partial charge in [0.25, 0.3) is 0 Å². The number of rotatable bonds is 6. The number of aromatic nitrogens is 1. The van der Waals surface area contributed by atoms with E-state index in [4.69, 9.17) is 10.3 Å². The Kier molecular flexibility index (Phi) is 5.19. The number of hydrogen-bond donors (Lipinski definition) is 2. The van der Waals surface area contributed by atoms with Gasteiger partial charge in [0.1, 0.15) is 5.52 Å². The summed E-state index contributed by atoms with van der Waals surface area (Å²) in [5.74, 6) is 5.42. The number of hydrazine groups is 1. The van der Waals surface area contributed by atoms with E-state index in [1.54, 1.807) is 0 Å². The molecule has 3 aromatic rings. The summed E-state index contributed by atoms with van der Waals surface area (Å²) in [4.78, 5) is 16.5.